The van der Waals surface area contributed by atoms with E-state index in [1.54, 1.807) is 0 Å². The van der Waals surface area contributed by atoms with Gasteiger partial charge in [0.25, 0.3) is 0 Å². The molecule has 0 amide bonds. The summed E-state index contributed by atoms with van der Waals surface area (Å²) in [6.45, 7) is 4.02. The number of carbonyl (C=O) groups excluding carboxylic acids is 1. The minimum atomic E-state index is -0.323. The van der Waals surface area contributed by atoms with E-state index in [4.69, 9.17) is 9.72 Å². The van der Waals surface area contributed by atoms with E-state index in [2.05, 4.69) is 12.1 Å². The number of hydrogen-bond donors (Lipinski definition) is 0. The summed E-state index contributed by atoms with van der Waals surface area (Å²) in [5.41, 5.74) is 5.39. The maximum atomic E-state index is 12.3. The van der Waals surface area contributed by atoms with Gasteiger partial charge in [0.1, 0.15) is 0 Å². The SMILES string of the molecule is CCOC(=O)c1cc(-c2ccccc2)c(Cc2ccccc2)nc1C. The zero-order valence-electron chi connectivity index (χ0n) is 14.5. The van der Waals surface area contributed by atoms with E-state index in [0.717, 1.165) is 23.2 Å². The molecular formula is C22H21NO2. The van der Waals surface area contributed by atoms with E-state index >= 15 is 0 Å². The molecule has 0 spiro atoms. The second kappa shape index (κ2) is 7.75. The zero-order chi connectivity index (χ0) is 17.6. The topological polar surface area (TPSA) is 39.2 Å². The molecule has 0 bridgehead atoms. The maximum absolute atomic E-state index is 12.3. The molecular weight excluding hydrogens is 310 g/mol. The summed E-state index contributed by atoms with van der Waals surface area (Å²) in [5, 5.41) is 0. The molecule has 0 aliphatic rings. The van der Waals surface area contributed by atoms with Crippen molar-refractivity contribution in [3.05, 3.63) is 89.2 Å². The van der Waals surface area contributed by atoms with Gasteiger partial charge >= 0.3 is 5.97 Å². The molecule has 0 atom stereocenters. The highest BCUT2D eigenvalue weighted by molar-refractivity contribution is 5.92. The Morgan fingerprint density at radius 1 is 1.00 bits per heavy atom. The monoisotopic (exact) mass is 331 g/mol. The highest BCUT2D eigenvalue weighted by Crippen LogP contribution is 2.27. The molecule has 2 aromatic carbocycles. The van der Waals surface area contributed by atoms with Gasteiger partial charge in [-0.05, 0) is 31.0 Å². The standard InChI is InChI=1S/C22H21NO2/c1-3-25-22(24)19-15-20(18-12-8-5-9-13-18)21(23-16(19)2)14-17-10-6-4-7-11-17/h4-13,15H,3,14H2,1-2H3. The second-order valence-corrected chi connectivity index (χ2v) is 5.86. The van der Waals surface area contributed by atoms with Crippen LogP contribution in [-0.4, -0.2) is 17.6 Å². The van der Waals surface area contributed by atoms with Crippen molar-refractivity contribution in [1.29, 1.82) is 0 Å². The van der Waals surface area contributed by atoms with Gasteiger partial charge in [0.15, 0.2) is 0 Å². The van der Waals surface area contributed by atoms with Crippen LogP contribution in [0, 0.1) is 6.92 Å². The third kappa shape index (κ3) is 3.94. The molecule has 1 heterocycles. The van der Waals surface area contributed by atoms with Crippen molar-refractivity contribution < 1.29 is 9.53 Å². The van der Waals surface area contributed by atoms with Gasteiger partial charge in [-0.1, -0.05) is 60.7 Å². The number of aromatic nitrogens is 1. The quantitative estimate of drug-likeness (QED) is 0.629. The Morgan fingerprint density at radius 2 is 1.64 bits per heavy atom. The van der Waals surface area contributed by atoms with Crippen molar-refractivity contribution in [3.63, 3.8) is 0 Å². The van der Waals surface area contributed by atoms with E-state index in [1.165, 1.54) is 5.56 Å². The Hall–Kier alpha value is -2.94. The van der Waals surface area contributed by atoms with Crippen LogP contribution in [0.1, 0.15) is 34.2 Å². The molecule has 0 aliphatic carbocycles. The molecule has 3 rings (SSSR count). The molecule has 0 unspecified atom stereocenters. The summed E-state index contributed by atoms with van der Waals surface area (Å²) < 4.78 is 5.18. The van der Waals surface area contributed by atoms with Crippen LogP contribution >= 0.6 is 0 Å². The highest BCUT2D eigenvalue weighted by atomic mass is 16.5. The summed E-state index contributed by atoms with van der Waals surface area (Å²) in [7, 11) is 0. The van der Waals surface area contributed by atoms with Crippen LogP contribution in [0.4, 0.5) is 0 Å². The van der Waals surface area contributed by atoms with E-state index in [-0.39, 0.29) is 5.97 Å². The second-order valence-electron chi connectivity index (χ2n) is 5.86. The minimum absolute atomic E-state index is 0.323. The van der Waals surface area contributed by atoms with Gasteiger partial charge in [-0.3, -0.25) is 4.98 Å². The Kier molecular flexibility index (Phi) is 5.24. The zero-order valence-corrected chi connectivity index (χ0v) is 14.5. The minimum Gasteiger partial charge on any atom is -0.462 e. The predicted molar refractivity (Wildman–Crippen MR) is 99.6 cm³/mol. The predicted octanol–water partition coefficient (Wildman–Crippen LogP) is 4.82. The lowest BCUT2D eigenvalue weighted by Crippen LogP contribution is -2.10. The molecule has 0 aliphatic heterocycles. The number of benzene rings is 2. The van der Waals surface area contributed by atoms with Gasteiger partial charge in [0.2, 0.25) is 0 Å². The number of hydrogen-bond acceptors (Lipinski definition) is 3. The first-order valence-electron chi connectivity index (χ1n) is 8.46. The lowest BCUT2D eigenvalue weighted by atomic mass is 9.97. The van der Waals surface area contributed by atoms with Crippen LogP contribution in [-0.2, 0) is 11.2 Å². The van der Waals surface area contributed by atoms with Crippen LogP contribution in [0.5, 0.6) is 0 Å². The van der Waals surface area contributed by atoms with E-state index in [0.29, 0.717) is 17.9 Å². The number of aryl methyl sites for hydroxylation is 1. The van der Waals surface area contributed by atoms with Gasteiger partial charge < -0.3 is 4.74 Å². The van der Waals surface area contributed by atoms with E-state index < -0.39 is 0 Å². The van der Waals surface area contributed by atoms with Gasteiger partial charge in [-0.25, -0.2) is 4.79 Å². The average Bonchev–Trinajstić information content (AvgIpc) is 2.63. The molecule has 0 N–H and O–H groups in total. The van der Waals surface area contributed by atoms with Crippen molar-refractivity contribution in [2.45, 2.75) is 20.3 Å². The van der Waals surface area contributed by atoms with Crippen molar-refractivity contribution in [2.75, 3.05) is 6.61 Å². The van der Waals surface area contributed by atoms with E-state index in [1.807, 2.05) is 68.4 Å². The lowest BCUT2D eigenvalue weighted by molar-refractivity contribution is 0.0525. The van der Waals surface area contributed by atoms with Crippen molar-refractivity contribution >= 4 is 5.97 Å². The summed E-state index contributed by atoms with van der Waals surface area (Å²) in [4.78, 5) is 17.0. The third-order valence-electron chi connectivity index (χ3n) is 4.09. The normalized spacial score (nSPS) is 10.5. The molecule has 0 saturated carbocycles. The molecule has 1 aromatic heterocycles. The van der Waals surface area contributed by atoms with Crippen molar-refractivity contribution in [2.24, 2.45) is 0 Å². The van der Waals surface area contributed by atoms with Crippen LogP contribution in [0.25, 0.3) is 11.1 Å². The first kappa shape index (κ1) is 16.9. The van der Waals surface area contributed by atoms with Crippen molar-refractivity contribution in [1.82, 2.24) is 4.98 Å². The number of ether oxygens (including phenoxy) is 1. The first-order valence-corrected chi connectivity index (χ1v) is 8.46. The van der Waals surface area contributed by atoms with Crippen LogP contribution < -0.4 is 0 Å². The fourth-order valence-electron chi connectivity index (χ4n) is 2.86. The summed E-state index contributed by atoms with van der Waals surface area (Å²) in [5.74, 6) is -0.323. The number of rotatable bonds is 5. The van der Waals surface area contributed by atoms with Crippen LogP contribution in [0.2, 0.25) is 0 Å². The number of nitrogens with zero attached hydrogens (tertiary/aromatic N) is 1. The number of carbonyl (C=O) groups is 1. The Labute approximate surface area is 148 Å². The third-order valence-corrected chi connectivity index (χ3v) is 4.09. The van der Waals surface area contributed by atoms with Gasteiger partial charge in [-0.2, -0.15) is 0 Å². The molecule has 126 valence electrons. The van der Waals surface area contributed by atoms with Crippen molar-refractivity contribution in [3.8, 4) is 11.1 Å². The molecule has 3 heteroatoms. The molecule has 0 saturated heterocycles. The number of esters is 1. The van der Waals surface area contributed by atoms with E-state index in [9.17, 15) is 4.79 Å². The summed E-state index contributed by atoms with van der Waals surface area (Å²) in [6, 6.07) is 22.2. The van der Waals surface area contributed by atoms with Crippen LogP contribution in [0.15, 0.2) is 66.7 Å². The first-order chi connectivity index (χ1) is 12.2. The molecule has 3 nitrogen and oxygen atoms in total. The fraction of sp³-hybridized carbons (Fsp3) is 0.182. The Bertz CT molecular complexity index is 858. The lowest BCUT2D eigenvalue weighted by Gasteiger charge is -2.14. The summed E-state index contributed by atoms with van der Waals surface area (Å²) >= 11 is 0. The smallest absolute Gasteiger partial charge is 0.339 e. The van der Waals surface area contributed by atoms with Crippen LogP contribution in [0.3, 0.4) is 0 Å². The highest BCUT2D eigenvalue weighted by Gasteiger charge is 2.17. The van der Waals surface area contributed by atoms with Gasteiger partial charge in [0.05, 0.1) is 23.6 Å². The average molecular weight is 331 g/mol. The Balaban J connectivity index is 2.10. The molecule has 25 heavy (non-hydrogen) atoms. The maximum Gasteiger partial charge on any atom is 0.339 e. The fourth-order valence-corrected chi connectivity index (χ4v) is 2.86. The molecule has 0 fully saturated rings. The Morgan fingerprint density at radius 3 is 2.28 bits per heavy atom. The van der Waals surface area contributed by atoms with Gasteiger partial charge in [-0.15, -0.1) is 0 Å². The summed E-state index contributed by atoms with van der Waals surface area (Å²) in [6.07, 6.45) is 0.717. The molecule has 3 aromatic rings. The van der Waals surface area contributed by atoms with Gasteiger partial charge in [0, 0.05) is 12.0 Å². The molecule has 0 radical (unpaired) electrons. The largest absolute Gasteiger partial charge is 0.462 e. The number of pyridine rings is 1.